The maximum absolute atomic E-state index is 12.3. The lowest BCUT2D eigenvalue weighted by atomic mass is 10.1. The van der Waals surface area contributed by atoms with Gasteiger partial charge in [-0.05, 0) is 42.9 Å². The Hall–Kier alpha value is -2.10. The van der Waals surface area contributed by atoms with Crippen LogP contribution in [0, 0.1) is 17.3 Å². The quantitative estimate of drug-likeness (QED) is 0.821. The highest BCUT2D eigenvalue weighted by molar-refractivity contribution is 5.92. The smallest absolute Gasteiger partial charge is 0.248 e. The van der Waals surface area contributed by atoms with Gasteiger partial charge in [0.2, 0.25) is 11.8 Å². The molecule has 1 aliphatic carbocycles. The van der Waals surface area contributed by atoms with E-state index in [1.165, 1.54) is 5.57 Å². The molecule has 0 radical (unpaired) electrons. The molecular formula is C18H24N2O2. The van der Waals surface area contributed by atoms with Crippen LogP contribution in [0.4, 0.5) is 0 Å². The molecule has 1 saturated carbocycles. The molecule has 0 spiro atoms. The lowest BCUT2D eigenvalue weighted by Gasteiger charge is -2.07. The maximum atomic E-state index is 12.3. The first-order chi connectivity index (χ1) is 10.2. The van der Waals surface area contributed by atoms with Crippen LogP contribution in [0.1, 0.15) is 43.6 Å². The first kappa shape index (κ1) is 16.3. The normalized spacial score (nSPS) is 21.8. The van der Waals surface area contributed by atoms with Gasteiger partial charge in [-0.1, -0.05) is 37.6 Å². The Kier molecular flexibility index (Phi) is 4.40. The summed E-state index contributed by atoms with van der Waals surface area (Å²) < 4.78 is 0. The van der Waals surface area contributed by atoms with E-state index in [-0.39, 0.29) is 17.2 Å². The lowest BCUT2D eigenvalue weighted by Crippen LogP contribution is -2.26. The van der Waals surface area contributed by atoms with Gasteiger partial charge in [-0.2, -0.15) is 0 Å². The number of carbonyl (C=O) groups is 2. The molecule has 0 aromatic heterocycles. The third kappa shape index (κ3) is 3.38. The SMILES string of the molecule is CC(C)=C[C@H]1[C@H](C(=O)NCc2ccc(C(N)=O)cc2)C1(C)C. The van der Waals surface area contributed by atoms with Crippen molar-refractivity contribution >= 4 is 11.8 Å². The fourth-order valence-corrected chi connectivity index (χ4v) is 2.93. The Morgan fingerprint density at radius 3 is 2.32 bits per heavy atom. The van der Waals surface area contributed by atoms with E-state index < -0.39 is 5.91 Å². The summed E-state index contributed by atoms with van der Waals surface area (Å²) in [6.45, 7) is 8.84. The second-order valence-electron chi connectivity index (χ2n) is 6.85. The third-order valence-corrected chi connectivity index (χ3v) is 4.41. The van der Waals surface area contributed by atoms with E-state index in [1.54, 1.807) is 12.1 Å². The molecule has 0 bridgehead atoms. The molecule has 4 heteroatoms. The molecule has 0 unspecified atom stereocenters. The van der Waals surface area contributed by atoms with Gasteiger partial charge >= 0.3 is 0 Å². The summed E-state index contributed by atoms with van der Waals surface area (Å²) in [5.74, 6) is -0.00612. The number of benzene rings is 1. The van der Waals surface area contributed by atoms with Crippen molar-refractivity contribution < 1.29 is 9.59 Å². The van der Waals surface area contributed by atoms with Crippen molar-refractivity contribution in [1.29, 1.82) is 0 Å². The number of allylic oxidation sites excluding steroid dienone is 2. The van der Waals surface area contributed by atoms with Gasteiger partial charge in [-0.25, -0.2) is 0 Å². The van der Waals surface area contributed by atoms with Crippen LogP contribution in [-0.4, -0.2) is 11.8 Å². The van der Waals surface area contributed by atoms with Crippen molar-refractivity contribution in [3.05, 3.63) is 47.0 Å². The summed E-state index contributed by atoms with van der Waals surface area (Å²) in [5.41, 5.74) is 7.90. The number of amides is 2. The van der Waals surface area contributed by atoms with Gasteiger partial charge in [0.1, 0.15) is 0 Å². The summed E-state index contributed by atoms with van der Waals surface area (Å²) in [5, 5.41) is 2.98. The molecule has 2 amide bonds. The van der Waals surface area contributed by atoms with Gasteiger partial charge < -0.3 is 11.1 Å². The van der Waals surface area contributed by atoms with E-state index in [9.17, 15) is 9.59 Å². The van der Waals surface area contributed by atoms with Crippen LogP contribution >= 0.6 is 0 Å². The van der Waals surface area contributed by atoms with Crippen molar-refractivity contribution in [2.45, 2.75) is 34.2 Å². The van der Waals surface area contributed by atoms with Crippen LogP contribution in [0.3, 0.4) is 0 Å². The molecule has 2 rings (SSSR count). The average Bonchev–Trinajstić information content (AvgIpc) is 2.96. The minimum absolute atomic E-state index is 0.0250. The van der Waals surface area contributed by atoms with Crippen molar-refractivity contribution in [3.8, 4) is 0 Å². The van der Waals surface area contributed by atoms with Gasteiger partial charge in [0.05, 0.1) is 5.92 Å². The molecule has 3 N–H and O–H groups in total. The summed E-state index contributed by atoms with van der Waals surface area (Å²) in [7, 11) is 0. The first-order valence-electron chi connectivity index (χ1n) is 7.55. The van der Waals surface area contributed by atoms with E-state index in [0.717, 1.165) is 5.56 Å². The van der Waals surface area contributed by atoms with Crippen molar-refractivity contribution in [3.63, 3.8) is 0 Å². The fraction of sp³-hybridized carbons (Fsp3) is 0.444. The van der Waals surface area contributed by atoms with E-state index in [1.807, 2.05) is 12.1 Å². The van der Waals surface area contributed by atoms with Crippen LogP contribution < -0.4 is 11.1 Å². The van der Waals surface area contributed by atoms with Gasteiger partial charge in [0, 0.05) is 12.1 Å². The summed E-state index contributed by atoms with van der Waals surface area (Å²) in [6.07, 6.45) is 2.19. The fourth-order valence-electron chi connectivity index (χ4n) is 2.93. The monoisotopic (exact) mass is 300 g/mol. The summed E-state index contributed by atoms with van der Waals surface area (Å²) >= 11 is 0. The molecule has 0 heterocycles. The zero-order valence-electron chi connectivity index (χ0n) is 13.6. The number of hydrogen-bond acceptors (Lipinski definition) is 2. The number of rotatable bonds is 5. The number of carbonyl (C=O) groups excluding carboxylic acids is 2. The van der Waals surface area contributed by atoms with Crippen LogP contribution in [0.5, 0.6) is 0 Å². The van der Waals surface area contributed by atoms with Gasteiger partial charge in [-0.15, -0.1) is 0 Å². The molecule has 2 atom stereocenters. The molecule has 0 saturated heterocycles. The van der Waals surface area contributed by atoms with Crippen LogP contribution in [0.15, 0.2) is 35.9 Å². The zero-order chi connectivity index (χ0) is 16.5. The van der Waals surface area contributed by atoms with Crippen LogP contribution in [0.2, 0.25) is 0 Å². The Morgan fingerprint density at radius 1 is 1.23 bits per heavy atom. The number of primary amides is 1. The van der Waals surface area contributed by atoms with E-state index in [0.29, 0.717) is 18.0 Å². The first-order valence-corrected chi connectivity index (χ1v) is 7.55. The van der Waals surface area contributed by atoms with E-state index in [4.69, 9.17) is 5.73 Å². The molecule has 1 aromatic rings. The molecule has 1 fully saturated rings. The Bertz CT molecular complexity index is 610. The van der Waals surface area contributed by atoms with Crippen molar-refractivity contribution in [1.82, 2.24) is 5.32 Å². The number of nitrogens with two attached hydrogens (primary N) is 1. The minimum Gasteiger partial charge on any atom is -0.366 e. The van der Waals surface area contributed by atoms with Gasteiger partial charge in [-0.3, -0.25) is 9.59 Å². The Morgan fingerprint density at radius 2 is 1.82 bits per heavy atom. The molecule has 22 heavy (non-hydrogen) atoms. The predicted octanol–water partition coefficient (Wildman–Crippen LogP) is 2.64. The van der Waals surface area contributed by atoms with Crippen molar-refractivity contribution in [2.75, 3.05) is 0 Å². The molecule has 1 aromatic carbocycles. The highest BCUT2D eigenvalue weighted by Crippen LogP contribution is 2.59. The predicted molar refractivity (Wildman–Crippen MR) is 87.0 cm³/mol. The van der Waals surface area contributed by atoms with Gasteiger partial charge in [0.25, 0.3) is 0 Å². The van der Waals surface area contributed by atoms with Gasteiger partial charge in [0.15, 0.2) is 0 Å². The largest absolute Gasteiger partial charge is 0.366 e. The van der Waals surface area contributed by atoms with Crippen molar-refractivity contribution in [2.24, 2.45) is 23.0 Å². The van der Waals surface area contributed by atoms with Crippen LogP contribution in [-0.2, 0) is 11.3 Å². The lowest BCUT2D eigenvalue weighted by molar-refractivity contribution is -0.123. The highest BCUT2D eigenvalue weighted by Gasteiger charge is 2.60. The molecular weight excluding hydrogens is 276 g/mol. The topological polar surface area (TPSA) is 72.2 Å². The number of hydrogen-bond donors (Lipinski definition) is 2. The van der Waals surface area contributed by atoms with E-state index in [2.05, 4.69) is 39.1 Å². The summed E-state index contributed by atoms with van der Waals surface area (Å²) in [4.78, 5) is 23.4. The molecule has 0 aliphatic heterocycles. The number of nitrogens with one attached hydrogen (secondary N) is 1. The third-order valence-electron chi connectivity index (χ3n) is 4.41. The standard InChI is InChI=1S/C18H24N2O2/c1-11(2)9-14-15(18(14,3)4)17(22)20-10-12-5-7-13(8-6-12)16(19)21/h5-9,14-15H,10H2,1-4H3,(H2,19,21)(H,20,22)/t14-,15+/m0/s1. The summed E-state index contributed by atoms with van der Waals surface area (Å²) in [6, 6.07) is 6.98. The molecule has 1 aliphatic rings. The van der Waals surface area contributed by atoms with Crippen LogP contribution in [0.25, 0.3) is 0 Å². The minimum atomic E-state index is -0.445. The highest BCUT2D eigenvalue weighted by atomic mass is 16.2. The Labute approximate surface area is 131 Å². The second kappa shape index (κ2) is 5.95. The van der Waals surface area contributed by atoms with E-state index >= 15 is 0 Å². The molecule has 4 nitrogen and oxygen atoms in total. The zero-order valence-corrected chi connectivity index (χ0v) is 13.6. The Balaban J connectivity index is 1.93. The second-order valence-corrected chi connectivity index (χ2v) is 6.85. The molecule has 118 valence electrons. The average molecular weight is 300 g/mol. The maximum Gasteiger partial charge on any atom is 0.248 e.